The predicted molar refractivity (Wildman–Crippen MR) is 145 cm³/mol. The molecule has 0 aliphatic rings. The van der Waals surface area contributed by atoms with Gasteiger partial charge in [-0.3, -0.25) is 9.35 Å². The minimum absolute atomic E-state index is 0. The number of unbranched alkanes of at least 4 members (excludes halogenated alkanes) is 20. The van der Waals surface area contributed by atoms with Crippen molar-refractivity contribution in [1.29, 1.82) is 0 Å². The summed E-state index contributed by atoms with van der Waals surface area (Å²) in [6.45, 7) is 2.28. The Balaban J connectivity index is -0.000000981. The van der Waals surface area contributed by atoms with Crippen LogP contribution in [0.2, 0.25) is 0 Å². The second-order valence-electron chi connectivity index (χ2n) is 9.61. The van der Waals surface area contributed by atoms with Crippen molar-refractivity contribution in [3.8, 4) is 0 Å². The van der Waals surface area contributed by atoms with Gasteiger partial charge in [0, 0.05) is 0 Å². The molecule has 216 valence electrons. The van der Waals surface area contributed by atoms with Crippen LogP contribution in [-0.2, 0) is 19.7 Å². The van der Waals surface area contributed by atoms with Crippen LogP contribution < -0.4 is 29.6 Å². The molecular formula is C27H53NaO8S. The van der Waals surface area contributed by atoms with Crippen molar-refractivity contribution in [3.63, 3.8) is 0 Å². The van der Waals surface area contributed by atoms with Crippen molar-refractivity contribution < 1.29 is 67.4 Å². The SMILES string of the molecule is CCCCCCCCCCCCCCCCCCC[CH-]CCCS(=O)(=O)O.O=C(O)CC(O)C(=O)O.[Na+]. The zero-order valence-electron chi connectivity index (χ0n) is 23.5. The molecule has 0 aromatic carbocycles. The number of carboxylic acid groups (broad SMARTS) is 2. The average molecular weight is 561 g/mol. The molecule has 0 aromatic heterocycles. The van der Waals surface area contributed by atoms with Crippen LogP contribution in [0.5, 0.6) is 0 Å². The second-order valence-corrected chi connectivity index (χ2v) is 11.2. The van der Waals surface area contributed by atoms with Crippen molar-refractivity contribution in [2.45, 2.75) is 148 Å². The van der Waals surface area contributed by atoms with Gasteiger partial charge >= 0.3 is 41.5 Å². The molecule has 0 fully saturated rings. The summed E-state index contributed by atoms with van der Waals surface area (Å²) in [4.78, 5) is 19.4. The number of hydrogen-bond donors (Lipinski definition) is 4. The Bertz CT molecular complexity index is 614. The maximum absolute atomic E-state index is 10.6. The number of rotatable bonds is 25. The maximum Gasteiger partial charge on any atom is 1.00 e. The van der Waals surface area contributed by atoms with Gasteiger partial charge in [0.05, 0.1) is 12.2 Å². The normalized spacial score (nSPS) is 11.8. The summed E-state index contributed by atoms with van der Waals surface area (Å²) in [6, 6.07) is 0. The van der Waals surface area contributed by atoms with E-state index < -0.39 is 34.6 Å². The molecule has 0 radical (unpaired) electrons. The van der Waals surface area contributed by atoms with Crippen molar-refractivity contribution in [2.24, 2.45) is 0 Å². The van der Waals surface area contributed by atoms with E-state index in [0.717, 1.165) is 12.8 Å². The Morgan fingerprint density at radius 3 is 1.32 bits per heavy atom. The smallest absolute Gasteiger partial charge is 0.481 e. The van der Waals surface area contributed by atoms with Gasteiger partial charge in [-0.25, -0.2) is 4.79 Å². The fourth-order valence-electron chi connectivity index (χ4n) is 3.82. The van der Waals surface area contributed by atoms with Crippen molar-refractivity contribution in [3.05, 3.63) is 6.42 Å². The van der Waals surface area contributed by atoms with Crippen LogP contribution in [0.25, 0.3) is 0 Å². The Kier molecular flexibility index (Phi) is 33.9. The summed E-state index contributed by atoms with van der Waals surface area (Å²) in [5.74, 6) is -2.95. The molecular weight excluding hydrogens is 507 g/mol. The van der Waals surface area contributed by atoms with Crippen molar-refractivity contribution in [1.82, 2.24) is 0 Å². The molecule has 0 aliphatic carbocycles. The van der Waals surface area contributed by atoms with E-state index in [2.05, 4.69) is 13.3 Å². The first kappa shape index (κ1) is 41.3. The van der Waals surface area contributed by atoms with Gasteiger partial charge in [0.1, 0.15) is 0 Å². The molecule has 1 unspecified atom stereocenters. The van der Waals surface area contributed by atoms with Crippen LogP contribution in [0, 0.1) is 6.42 Å². The molecule has 1 atom stereocenters. The summed E-state index contributed by atoms with van der Waals surface area (Å²) in [5, 5.41) is 24.1. The van der Waals surface area contributed by atoms with E-state index in [1.165, 1.54) is 109 Å². The largest absolute Gasteiger partial charge is 1.00 e. The fourth-order valence-corrected chi connectivity index (χ4v) is 4.35. The Morgan fingerprint density at radius 2 is 1.03 bits per heavy atom. The van der Waals surface area contributed by atoms with E-state index in [1.807, 2.05) is 0 Å². The monoisotopic (exact) mass is 560 g/mol. The molecule has 0 rings (SSSR count). The summed E-state index contributed by atoms with van der Waals surface area (Å²) in [7, 11) is -3.77. The van der Waals surface area contributed by atoms with Gasteiger partial charge in [0.2, 0.25) is 0 Å². The summed E-state index contributed by atoms with van der Waals surface area (Å²) in [6.07, 6.45) is 25.7. The van der Waals surface area contributed by atoms with Crippen molar-refractivity contribution in [2.75, 3.05) is 5.75 Å². The molecule has 0 saturated heterocycles. The van der Waals surface area contributed by atoms with Crippen LogP contribution in [0.3, 0.4) is 0 Å². The Hall–Kier alpha value is -0.190. The molecule has 10 heteroatoms. The summed E-state index contributed by atoms with van der Waals surface area (Å²) < 4.78 is 29.8. The number of aliphatic carboxylic acids is 2. The number of carboxylic acids is 2. The molecule has 37 heavy (non-hydrogen) atoms. The fraction of sp³-hybridized carbons (Fsp3) is 0.889. The van der Waals surface area contributed by atoms with E-state index >= 15 is 0 Å². The average Bonchev–Trinajstić information content (AvgIpc) is 2.79. The Morgan fingerprint density at radius 1 is 0.676 bits per heavy atom. The third-order valence-electron chi connectivity index (χ3n) is 5.98. The van der Waals surface area contributed by atoms with Gasteiger partial charge in [0.25, 0.3) is 10.1 Å². The minimum atomic E-state index is -3.77. The standard InChI is InChI=1S/C23H47O3S.C4H6O5.Na/c1-2-3-4-5-6-7-8-9-10-11-12-13-14-15-16-17-18-19-20-21-22-23-27(24,25)26;5-2(4(8)9)1-3(6)7;/h20H,2-19,21-23H2,1H3,(H,24,25,26);2,5H,1H2,(H,6,7)(H,8,9);/q-1;;+1. The summed E-state index contributed by atoms with van der Waals surface area (Å²) >= 11 is 0. The quantitative estimate of drug-likeness (QED) is 0.0570. The van der Waals surface area contributed by atoms with Crippen LogP contribution in [0.4, 0.5) is 0 Å². The zero-order valence-corrected chi connectivity index (χ0v) is 26.4. The molecule has 0 amide bonds. The first-order chi connectivity index (χ1) is 17.1. The first-order valence-electron chi connectivity index (χ1n) is 14.0. The molecule has 0 bridgehead atoms. The molecule has 8 nitrogen and oxygen atoms in total. The van der Waals surface area contributed by atoms with E-state index in [1.54, 1.807) is 0 Å². The number of aliphatic hydroxyl groups is 1. The van der Waals surface area contributed by atoms with Gasteiger partial charge in [0.15, 0.2) is 6.10 Å². The first-order valence-corrected chi connectivity index (χ1v) is 15.6. The molecule has 0 heterocycles. The molecule has 0 spiro atoms. The summed E-state index contributed by atoms with van der Waals surface area (Å²) in [5.41, 5.74) is 0. The van der Waals surface area contributed by atoms with E-state index in [-0.39, 0.29) is 35.3 Å². The van der Waals surface area contributed by atoms with Gasteiger partial charge in [-0.2, -0.15) is 21.3 Å². The second kappa shape index (κ2) is 30.4. The van der Waals surface area contributed by atoms with Gasteiger partial charge in [-0.05, 0) is 0 Å². The van der Waals surface area contributed by atoms with E-state index in [4.69, 9.17) is 19.9 Å². The maximum atomic E-state index is 10.6. The van der Waals surface area contributed by atoms with Gasteiger partial charge in [-0.15, -0.1) is 0 Å². The van der Waals surface area contributed by atoms with Crippen molar-refractivity contribution >= 4 is 22.1 Å². The number of carbonyl (C=O) groups is 2. The molecule has 4 N–H and O–H groups in total. The minimum Gasteiger partial charge on any atom is -0.481 e. The van der Waals surface area contributed by atoms with Crippen LogP contribution in [-0.4, -0.2) is 52.1 Å². The van der Waals surface area contributed by atoms with Crippen LogP contribution >= 0.6 is 0 Å². The van der Waals surface area contributed by atoms with Crippen LogP contribution in [0.1, 0.15) is 142 Å². The molecule has 0 aromatic rings. The van der Waals surface area contributed by atoms with Gasteiger partial charge < -0.3 is 21.7 Å². The third kappa shape index (κ3) is 40.5. The van der Waals surface area contributed by atoms with E-state index in [0.29, 0.717) is 6.42 Å². The topological polar surface area (TPSA) is 149 Å². The van der Waals surface area contributed by atoms with E-state index in [9.17, 15) is 18.0 Å². The number of aliphatic hydroxyl groups excluding tert-OH is 1. The predicted octanol–water partition coefficient (Wildman–Crippen LogP) is 3.81. The van der Waals surface area contributed by atoms with Crippen LogP contribution in [0.15, 0.2) is 0 Å². The number of hydrogen-bond acceptors (Lipinski definition) is 5. The molecule has 0 aliphatic heterocycles. The third-order valence-corrected chi connectivity index (χ3v) is 6.78. The Labute approximate surface area is 248 Å². The van der Waals surface area contributed by atoms with Gasteiger partial charge in [-0.1, -0.05) is 122 Å². The zero-order chi connectivity index (χ0) is 27.5. The molecule has 0 saturated carbocycles.